The first-order valence-electron chi connectivity index (χ1n) is 13.2. The quantitative estimate of drug-likeness (QED) is 0.157. The molecule has 4 aromatic rings. The molecule has 3 aromatic carbocycles. The molecule has 196 valence electrons. The fraction of sp³-hybridized carbons (Fsp3) is 0.323. The molecule has 0 radical (unpaired) electrons. The van der Waals surface area contributed by atoms with Crippen LogP contribution < -0.4 is 10.1 Å². The number of hydrogen-bond acceptors (Lipinski definition) is 6. The van der Waals surface area contributed by atoms with Crippen LogP contribution >= 0.6 is 23.1 Å². The number of carbonyl (C=O) groups is 1. The van der Waals surface area contributed by atoms with Gasteiger partial charge in [-0.2, -0.15) is 0 Å². The highest BCUT2D eigenvalue weighted by molar-refractivity contribution is 8.01. The second kappa shape index (κ2) is 12.1. The third-order valence-electron chi connectivity index (χ3n) is 7.24. The number of aromatic nitrogens is 2. The summed E-state index contributed by atoms with van der Waals surface area (Å²) in [6.07, 6.45) is 4.69. The molecule has 1 N–H and O–H groups in total. The van der Waals surface area contributed by atoms with Gasteiger partial charge >= 0.3 is 0 Å². The van der Waals surface area contributed by atoms with Crippen molar-refractivity contribution in [1.82, 2.24) is 15.5 Å². The highest BCUT2D eigenvalue weighted by Gasteiger charge is 2.48. The number of thioether (sulfide) groups is 1. The summed E-state index contributed by atoms with van der Waals surface area (Å²) in [4.78, 5) is 14.1. The number of nitrogens with one attached hydrogen (secondary N) is 1. The van der Waals surface area contributed by atoms with Crippen LogP contribution in [-0.4, -0.2) is 35.5 Å². The summed E-state index contributed by atoms with van der Waals surface area (Å²) >= 11 is 3.42. The maximum absolute atomic E-state index is 14.1. The molecule has 0 atom stereocenters. The lowest BCUT2D eigenvalue weighted by Gasteiger charge is -2.31. The second-order valence-electron chi connectivity index (χ2n) is 9.60. The Morgan fingerprint density at radius 2 is 1.61 bits per heavy atom. The predicted molar refractivity (Wildman–Crippen MR) is 156 cm³/mol. The highest BCUT2D eigenvalue weighted by atomic mass is 32.2. The fourth-order valence-corrected chi connectivity index (χ4v) is 7.27. The van der Waals surface area contributed by atoms with Crippen LogP contribution in [0.25, 0.3) is 11.1 Å². The van der Waals surface area contributed by atoms with Crippen molar-refractivity contribution in [2.24, 2.45) is 0 Å². The Morgan fingerprint density at radius 3 is 2.24 bits per heavy atom. The lowest BCUT2D eigenvalue weighted by Crippen LogP contribution is -2.45. The molecule has 0 aliphatic heterocycles. The molecule has 5 nitrogen and oxygen atoms in total. The summed E-state index contributed by atoms with van der Waals surface area (Å²) in [6.45, 7) is 2.58. The van der Waals surface area contributed by atoms with Crippen molar-refractivity contribution in [3.8, 4) is 16.9 Å². The van der Waals surface area contributed by atoms with E-state index in [1.807, 2.05) is 19.1 Å². The Kier molecular flexibility index (Phi) is 8.45. The molecular formula is C31H33N3O2S2. The van der Waals surface area contributed by atoms with Gasteiger partial charge in [-0.1, -0.05) is 96.6 Å². The average Bonchev–Trinajstić information content (AvgIpc) is 3.50. The maximum Gasteiger partial charge on any atom is 0.235 e. The Labute approximate surface area is 233 Å². The molecule has 0 fully saturated rings. The third-order valence-corrected chi connectivity index (χ3v) is 9.30. The van der Waals surface area contributed by atoms with Crippen molar-refractivity contribution in [3.63, 3.8) is 0 Å². The molecule has 0 saturated heterocycles. The molecule has 5 rings (SSSR count). The number of rotatable bonds is 12. The van der Waals surface area contributed by atoms with Crippen molar-refractivity contribution in [2.75, 3.05) is 19.4 Å². The predicted octanol–water partition coefficient (Wildman–Crippen LogP) is 6.83. The van der Waals surface area contributed by atoms with E-state index in [0.29, 0.717) is 6.54 Å². The number of ether oxygens (including phenoxy) is 1. The third kappa shape index (κ3) is 5.49. The van der Waals surface area contributed by atoms with E-state index >= 15 is 0 Å². The van der Waals surface area contributed by atoms with Crippen LogP contribution in [0.2, 0.25) is 0 Å². The van der Waals surface area contributed by atoms with Gasteiger partial charge in [0.2, 0.25) is 5.91 Å². The summed E-state index contributed by atoms with van der Waals surface area (Å²) in [5.41, 5.74) is 5.11. The minimum Gasteiger partial charge on any atom is -0.497 e. The zero-order valence-corrected chi connectivity index (χ0v) is 23.5. The van der Waals surface area contributed by atoms with Crippen LogP contribution in [0.15, 0.2) is 77.1 Å². The van der Waals surface area contributed by atoms with Crippen LogP contribution in [0.1, 0.15) is 47.4 Å². The lowest BCUT2D eigenvalue weighted by atomic mass is 9.73. The second-order valence-corrected chi connectivity index (χ2v) is 12.1. The topological polar surface area (TPSA) is 64.1 Å². The van der Waals surface area contributed by atoms with E-state index in [1.54, 1.807) is 30.2 Å². The molecule has 7 heteroatoms. The molecule has 1 heterocycles. The van der Waals surface area contributed by atoms with Gasteiger partial charge in [-0.15, -0.1) is 10.2 Å². The standard InChI is InChI=1S/C31H33N3O2S2/c1-22-33-34-30(38-22)37-21-9-3-8-19-31(29(35)32-20-18-23-14-16-24(36-2)17-15-23)27-12-6-4-10-25(27)26-11-5-7-13-28(26)31/h4-7,10-17H,3,8-9,18-21H2,1-2H3,(H,32,35). The van der Waals surface area contributed by atoms with Crippen molar-refractivity contribution >= 4 is 29.0 Å². The van der Waals surface area contributed by atoms with Crippen LogP contribution in [-0.2, 0) is 16.6 Å². The van der Waals surface area contributed by atoms with Gasteiger partial charge in [-0.25, -0.2) is 0 Å². The van der Waals surface area contributed by atoms with Gasteiger partial charge in [0.15, 0.2) is 4.34 Å². The summed E-state index contributed by atoms with van der Waals surface area (Å²) in [7, 11) is 1.67. The van der Waals surface area contributed by atoms with Crippen molar-refractivity contribution in [2.45, 2.75) is 48.8 Å². The molecule has 1 aliphatic rings. The number of nitrogens with zero attached hydrogens (tertiary/aromatic N) is 2. The van der Waals surface area contributed by atoms with E-state index in [9.17, 15) is 4.79 Å². The van der Waals surface area contributed by atoms with Crippen LogP contribution in [0.4, 0.5) is 0 Å². The molecule has 1 aromatic heterocycles. The number of fused-ring (bicyclic) bond motifs is 3. The van der Waals surface area contributed by atoms with Gasteiger partial charge in [0.05, 0.1) is 7.11 Å². The molecular weight excluding hydrogens is 510 g/mol. The molecule has 1 aliphatic carbocycles. The van der Waals surface area contributed by atoms with E-state index < -0.39 is 5.41 Å². The molecule has 0 bridgehead atoms. The summed E-state index contributed by atoms with van der Waals surface area (Å²) in [5, 5.41) is 12.6. The number of hydrogen-bond donors (Lipinski definition) is 1. The van der Waals surface area contributed by atoms with Crippen molar-refractivity contribution in [1.29, 1.82) is 0 Å². The Morgan fingerprint density at radius 1 is 0.921 bits per heavy atom. The van der Waals surface area contributed by atoms with E-state index in [2.05, 4.69) is 76.2 Å². The van der Waals surface area contributed by atoms with Gasteiger partial charge in [-0.3, -0.25) is 4.79 Å². The molecule has 0 spiro atoms. The molecule has 1 amide bonds. The first kappa shape index (κ1) is 26.4. The van der Waals surface area contributed by atoms with Gasteiger partial charge in [0.1, 0.15) is 16.2 Å². The Hall–Kier alpha value is -3.16. The van der Waals surface area contributed by atoms with E-state index in [-0.39, 0.29) is 5.91 Å². The molecule has 38 heavy (non-hydrogen) atoms. The molecule has 0 saturated carbocycles. The van der Waals surface area contributed by atoms with E-state index in [0.717, 1.165) is 64.1 Å². The summed E-state index contributed by atoms with van der Waals surface area (Å²) in [5.74, 6) is 1.96. The first-order chi connectivity index (χ1) is 18.6. The minimum atomic E-state index is -0.670. The van der Waals surface area contributed by atoms with Gasteiger partial charge in [0.25, 0.3) is 0 Å². The summed E-state index contributed by atoms with van der Waals surface area (Å²) in [6, 6.07) is 24.9. The van der Waals surface area contributed by atoms with Crippen LogP contribution in [0, 0.1) is 6.92 Å². The van der Waals surface area contributed by atoms with Crippen LogP contribution in [0.5, 0.6) is 5.75 Å². The van der Waals surface area contributed by atoms with Crippen LogP contribution in [0.3, 0.4) is 0 Å². The summed E-state index contributed by atoms with van der Waals surface area (Å²) < 4.78 is 6.30. The lowest BCUT2D eigenvalue weighted by molar-refractivity contribution is -0.125. The monoisotopic (exact) mass is 543 g/mol. The van der Waals surface area contributed by atoms with Crippen molar-refractivity contribution < 1.29 is 9.53 Å². The normalized spacial score (nSPS) is 13.1. The van der Waals surface area contributed by atoms with Gasteiger partial charge < -0.3 is 10.1 Å². The number of methoxy groups -OCH3 is 1. The zero-order valence-electron chi connectivity index (χ0n) is 21.9. The molecule has 0 unspecified atom stereocenters. The SMILES string of the molecule is COc1ccc(CCNC(=O)C2(CCCCCSc3nnc(C)s3)c3ccccc3-c3ccccc32)cc1. The van der Waals surface area contributed by atoms with Crippen molar-refractivity contribution in [3.05, 3.63) is 94.5 Å². The van der Waals surface area contributed by atoms with Gasteiger partial charge in [-0.05, 0) is 66.1 Å². The largest absolute Gasteiger partial charge is 0.497 e. The average molecular weight is 544 g/mol. The van der Waals surface area contributed by atoms with Gasteiger partial charge in [0, 0.05) is 12.3 Å². The number of aryl methyl sites for hydroxylation is 1. The highest BCUT2D eigenvalue weighted by Crippen LogP contribution is 2.51. The smallest absolute Gasteiger partial charge is 0.235 e. The minimum absolute atomic E-state index is 0.0992. The Bertz CT molecular complexity index is 1340. The maximum atomic E-state index is 14.1. The number of unbranched alkanes of at least 4 members (excludes halogenated alkanes) is 2. The number of carbonyl (C=O) groups excluding carboxylic acids is 1. The fourth-order valence-electron chi connectivity index (χ4n) is 5.38. The number of benzene rings is 3. The zero-order chi connectivity index (χ0) is 26.4. The number of amides is 1. The van der Waals surface area contributed by atoms with E-state index in [1.165, 1.54) is 16.7 Å². The van der Waals surface area contributed by atoms with E-state index in [4.69, 9.17) is 4.74 Å². The first-order valence-corrected chi connectivity index (χ1v) is 15.0. The Balaban J connectivity index is 1.30.